The first kappa shape index (κ1) is 14.9. The fourth-order valence-corrected chi connectivity index (χ4v) is 3.68. The molecule has 1 atom stereocenters. The first-order valence-electron chi connectivity index (χ1n) is 8.13. The van der Waals surface area contributed by atoms with Crippen LogP contribution >= 0.6 is 0 Å². The standard InChI is InChI=1S/C17H26N2O2/c1-14-3-2-4-16(19-14)13-20-11-5-15-6-12-21-17(15)7-9-18-10-8-17/h2-4,15,18H,5-13H2,1H3. The van der Waals surface area contributed by atoms with Gasteiger partial charge in [-0.3, -0.25) is 4.98 Å². The molecule has 2 saturated heterocycles. The number of aromatic nitrogens is 1. The van der Waals surface area contributed by atoms with Gasteiger partial charge in [0.1, 0.15) is 0 Å². The van der Waals surface area contributed by atoms with Gasteiger partial charge in [-0.15, -0.1) is 0 Å². The number of hydrogen-bond donors (Lipinski definition) is 1. The van der Waals surface area contributed by atoms with E-state index in [-0.39, 0.29) is 5.60 Å². The summed E-state index contributed by atoms with van der Waals surface area (Å²) in [4.78, 5) is 4.47. The molecule has 2 aliphatic rings. The molecular weight excluding hydrogens is 264 g/mol. The molecule has 21 heavy (non-hydrogen) atoms. The Labute approximate surface area is 127 Å². The summed E-state index contributed by atoms with van der Waals surface area (Å²) >= 11 is 0. The fraction of sp³-hybridized carbons (Fsp3) is 0.706. The molecule has 1 aromatic rings. The minimum absolute atomic E-state index is 0.135. The third-order valence-electron chi connectivity index (χ3n) is 4.86. The summed E-state index contributed by atoms with van der Waals surface area (Å²) in [7, 11) is 0. The largest absolute Gasteiger partial charge is 0.375 e. The molecule has 0 amide bonds. The van der Waals surface area contributed by atoms with Crippen LogP contribution in [0.4, 0.5) is 0 Å². The third-order valence-corrected chi connectivity index (χ3v) is 4.86. The van der Waals surface area contributed by atoms with Gasteiger partial charge < -0.3 is 14.8 Å². The first-order valence-corrected chi connectivity index (χ1v) is 8.13. The van der Waals surface area contributed by atoms with Crippen LogP contribution in [0.2, 0.25) is 0 Å². The van der Waals surface area contributed by atoms with Gasteiger partial charge in [0.2, 0.25) is 0 Å². The van der Waals surface area contributed by atoms with E-state index in [0.29, 0.717) is 12.5 Å². The molecule has 0 aromatic carbocycles. The van der Waals surface area contributed by atoms with E-state index in [1.165, 1.54) is 6.42 Å². The van der Waals surface area contributed by atoms with Gasteiger partial charge in [-0.2, -0.15) is 0 Å². The van der Waals surface area contributed by atoms with E-state index in [1.54, 1.807) is 0 Å². The van der Waals surface area contributed by atoms with Gasteiger partial charge in [0, 0.05) is 18.9 Å². The monoisotopic (exact) mass is 290 g/mol. The van der Waals surface area contributed by atoms with Crippen LogP contribution < -0.4 is 5.32 Å². The molecule has 4 nitrogen and oxygen atoms in total. The van der Waals surface area contributed by atoms with Crippen LogP contribution in [0.1, 0.15) is 37.1 Å². The normalized spacial score (nSPS) is 24.5. The average Bonchev–Trinajstić information content (AvgIpc) is 2.87. The maximum absolute atomic E-state index is 6.12. The number of nitrogens with one attached hydrogen (secondary N) is 1. The molecule has 1 spiro atoms. The zero-order chi connectivity index (χ0) is 14.5. The number of ether oxygens (including phenoxy) is 2. The molecule has 3 rings (SSSR count). The Morgan fingerprint density at radius 1 is 1.38 bits per heavy atom. The fourth-order valence-electron chi connectivity index (χ4n) is 3.68. The number of aryl methyl sites for hydroxylation is 1. The molecule has 1 aromatic heterocycles. The molecule has 1 N–H and O–H groups in total. The van der Waals surface area contributed by atoms with Crippen LogP contribution in [0, 0.1) is 12.8 Å². The first-order chi connectivity index (χ1) is 10.3. The maximum atomic E-state index is 6.12. The number of nitrogens with zero attached hydrogens (tertiary/aromatic N) is 1. The average molecular weight is 290 g/mol. The Hall–Kier alpha value is -0.970. The zero-order valence-corrected chi connectivity index (χ0v) is 12.9. The van der Waals surface area contributed by atoms with Crippen LogP contribution in [0.5, 0.6) is 0 Å². The number of piperidine rings is 1. The van der Waals surface area contributed by atoms with Crippen molar-refractivity contribution in [2.24, 2.45) is 5.92 Å². The van der Waals surface area contributed by atoms with Crippen molar-refractivity contribution in [3.8, 4) is 0 Å². The van der Waals surface area contributed by atoms with Crippen LogP contribution in [-0.4, -0.2) is 36.9 Å². The Morgan fingerprint density at radius 2 is 2.24 bits per heavy atom. The van der Waals surface area contributed by atoms with E-state index in [1.807, 2.05) is 25.1 Å². The highest BCUT2D eigenvalue weighted by molar-refractivity contribution is 5.08. The Morgan fingerprint density at radius 3 is 3.05 bits per heavy atom. The molecule has 0 radical (unpaired) electrons. The van der Waals surface area contributed by atoms with E-state index in [4.69, 9.17) is 9.47 Å². The van der Waals surface area contributed by atoms with Gasteiger partial charge in [0.25, 0.3) is 0 Å². The third kappa shape index (κ3) is 3.62. The van der Waals surface area contributed by atoms with Crippen molar-refractivity contribution < 1.29 is 9.47 Å². The Balaban J connectivity index is 1.44. The Bertz CT molecular complexity index is 458. The van der Waals surface area contributed by atoms with E-state index in [2.05, 4.69) is 10.3 Å². The maximum Gasteiger partial charge on any atom is 0.0887 e. The lowest BCUT2D eigenvalue weighted by Gasteiger charge is -2.38. The molecule has 3 heterocycles. The topological polar surface area (TPSA) is 43.4 Å². The van der Waals surface area contributed by atoms with Gasteiger partial charge in [-0.05, 0) is 63.7 Å². The second-order valence-corrected chi connectivity index (χ2v) is 6.26. The van der Waals surface area contributed by atoms with Gasteiger partial charge in [-0.25, -0.2) is 0 Å². The highest BCUT2D eigenvalue weighted by Gasteiger charge is 2.44. The molecule has 1 unspecified atom stereocenters. The molecule has 0 saturated carbocycles. The lowest BCUT2D eigenvalue weighted by Crippen LogP contribution is -2.46. The number of pyridine rings is 1. The predicted molar refractivity (Wildman–Crippen MR) is 82.1 cm³/mol. The molecule has 116 valence electrons. The van der Waals surface area contributed by atoms with Crippen molar-refractivity contribution in [1.29, 1.82) is 0 Å². The van der Waals surface area contributed by atoms with Gasteiger partial charge in [0.05, 0.1) is 17.9 Å². The molecule has 0 bridgehead atoms. The van der Waals surface area contributed by atoms with Crippen molar-refractivity contribution in [1.82, 2.24) is 10.3 Å². The lowest BCUT2D eigenvalue weighted by molar-refractivity contribution is -0.0516. The van der Waals surface area contributed by atoms with Crippen molar-refractivity contribution in [2.75, 3.05) is 26.3 Å². The summed E-state index contributed by atoms with van der Waals surface area (Å²) in [6.45, 7) is 6.53. The second-order valence-electron chi connectivity index (χ2n) is 6.26. The summed E-state index contributed by atoms with van der Waals surface area (Å²) in [5, 5.41) is 3.43. The van der Waals surface area contributed by atoms with Gasteiger partial charge >= 0.3 is 0 Å². The van der Waals surface area contributed by atoms with Gasteiger partial charge in [-0.1, -0.05) is 6.07 Å². The highest BCUT2D eigenvalue weighted by atomic mass is 16.5. The minimum Gasteiger partial charge on any atom is -0.375 e. The summed E-state index contributed by atoms with van der Waals surface area (Å²) in [5.74, 6) is 0.657. The SMILES string of the molecule is Cc1cccc(COCCC2CCOC23CCNCC3)n1. The van der Waals surface area contributed by atoms with Crippen molar-refractivity contribution in [2.45, 2.75) is 44.8 Å². The molecule has 2 aliphatic heterocycles. The smallest absolute Gasteiger partial charge is 0.0887 e. The molecule has 4 heteroatoms. The number of rotatable bonds is 5. The number of hydrogen-bond acceptors (Lipinski definition) is 4. The van der Waals surface area contributed by atoms with Crippen molar-refractivity contribution in [3.05, 3.63) is 29.6 Å². The van der Waals surface area contributed by atoms with Crippen molar-refractivity contribution >= 4 is 0 Å². The van der Waals surface area contributed by atoms with Crippen LogP contribution in [0.25, 0.3) is 0 Å². The molecule has 2 fully saturated rings. The van der Waals surface area contributed by atoms with Crippen LogP contribution in [-0.2, 0) is 16.1 Å². The van der Waals surface area contributed by atoms with Crippen LogP contribution in [0.3, 0.4) is 0 Å². The molecular formula is C17H26N2O2. The van der Waals surface area contributed by atoms with E-state index >= 15 is 0 Å². The predicted octanol–water partition coefficient (Wildman–Crippen LogP) is 2.46. The minimum atomic E-state index is 0.135. The lowest BCUT2D eigenvalue weighted by atomic mass is 9.78. The summed E-state index contributed by atoms with van der Waals surface area (Å²) in [5.41, 5.74) is 2.21. The van der Waals surface area contributed by atoms with E-state index in [0.717, 1.165) is 57.0 Å². The quantitative estimate of drug-likeness (QED) is 0.846. The van der Waals surface area contributed by atoms with E-state index < -0.39 is 0 Å². The van der Waals surface area contributed by atoms with Crippen LogP contribution in [0.15, 0.2) is 18.2 Å². The zero-order valence-electron chi connectivity index (χ0n) is 12.9. The summed E-state index contributed by atoms with van der Waals surface area (Å²) in [6.07, 6.45) is 4.59. The summed E-state index contributed by atoms with van der Waals surface area (Å²) in [6, 6.07) is 6.08. The second kappa shape index (κ2) is 6.86. The molecule has 0 aliphatic carbocycles. The summed E-state index contributed by atoms with van der Waals surface area (Å²) < 4.78 is 12.0. The highest BCUT2D eigenvalue weighted by Crippen LogP contribution is 2.40. The Kier molecular flexibility index (Phi) is 4.88. The van der Waals surface area contributed by atoms with Gasteiger partial charge in [0.15, 0.2) is 0 Å². The van der Waals surface area contributed by atoms with E-state index in [9.17, 15) is 0 Å². The van der Waals surface area contributed by atoms with Crippen molar-refractivity contribution in [3.63, 3.8) is 0 Å².